The van der Waals surface area contributed by atoms with Crippen molar-refractivity contribution in [2.75, 3.05) is 12.0 Å². The van der Waals surface area contributed by atoms with Crippen LogP contribution in [0.2, 0.25) is 0 Å². The van der Waals surface area contributed by atoms with Crippen LogP contribution in [0.5, 0.6) is 0 Å². The molecule has 0 aromatic carbocycles. The molecule has 76 valence electrons. The lowest BCUT2D eigenvalue weighted by Gasteiger charge is -2.16. The molecule has 1 saturated carbocycles. The minimum absolute atomic E-state index is 0.359. The van der Waals surface area contributed by atoms with Crippen molar-refractivity contribution in [1.82, 2.24) is 0 Å². The van der Waals surface area contributed by atoms with Gasteiger partial charge in [0.1, 0.15) is 0 Å². The van der Waals surface area contributed by atoms with Gasteiger partial charge >= 0.3 is 0 Å². The van der Waals surface area contributed by atoms with Gasteiger partial charge in [-0.3, -0.25) is 19.2 Å². The molecule has 1 atom stereocenters. The maximum Gasteiger partial charge on any atom is 0.265 e. The maximum absolute atomic E-state index is 11.3. The molecule has 5 heteroatoms. The average Bonchev–Trinajstić information content (AvgIpc) is 2.14. The first kappa shape index (κ1) is 11.1. The molecule has 1 rings (SSSR count). The zero-order chi connectivity index (χ0) is 10.7. The quantitative estimate of drug-likeness (QED) is 0.490. The second-order valence-electron chi connectivity index (χ2n) is 3.09. The predicted molar refractivity (Wildman–Crippen MR) is 51.1 cm³/mol. The summed E-state index contributed by atoms with van der Waals surface area (Å²) >= 11 is 1.50. The second-order valence-corrected chi connectivity index (χ2v) is 4.08. The van der Waals surface area contributed by atoms with Crippen LogP contribution >= 0.6 is 11.8 Å². The van der Waals surface area contributed by atoms with Gasteiger partial charge in [-0.25, -0.2) is 0 Å². The largest absolute Gasteiger partial charge is 0.298 e. The fraction of sp³-hybridized carbons (Fsp3) is 0.556. The monoisotopic (exact) mass is 214 g/mol. The molecule has 0 saturated heterocycles. The van der Waals surface area contributed by atoms with Crippen LogP contribution < -0.4 is 0 Å². The van der Waals surface area contributed by atoms with Crippen LogP contribution in [0.25, 0.3) is 0 Å². The van der Waals surface area contributed by atoms with Crippen molar-refractivity contribution in [3.63, 3.8) is 0 Å². The lowest BCUT2D eigenvalue weighted by molar-refractivity contribution is -0.151. The summed E-state index contributed by atoms with van der Waals surface area (Å²) in [5.74, 6) is -3.32. The van der Waals surface area contributed by atoms with Crippen LogP contribution in [0.3, 0.4) is 0 Å². The van der Waals surface area contributed by atoms with Gasteiger partial charge in [-0.1, -0.05) is 0 Å². The summed E-state index contributed by atoms with van der Waals surface area (Å²) in [6.45, 7) is 0. The minimum atomic E-state index is -1.00. The summed E-state index contributed by atoms with van der Waals surface area (Å²) in [6.07, 6.45) is 1.81. The van der Waals surface area contributed by atoms with Gasteiger partial charge in [0.05, 0.1) is 12.3 Å². The zero-order valence-corrected chi connectivity index (χ0v) is 8.56. The van der Waals surface area contributed by atoms with Gasteiger partial charge < -0.3 is 0 Å². The van der Waals surface area contributed by atoms with E-state index in [4.69, 9.17) is 0 Å². The minimum Gasteiger partial charge on any atom is -0.298 e. The summed E-state index contributed by atoms with van der Waals surface area (Å²) in [4.78, 5) is 44.3. The lowest BCUT2D eigenvalue weighted by atomic mass is 9.83. The van der Waals surface area contributed by atoms with Crippen LogP contribution in [-0.4, -0.2) is 35.1 Å². The molecule has 0 bridgehead atoms. The van der Waals surface area contributed by atoms with Crippen LogP contribution in [0.4, 0.5) is 0 Å². The number of carbonyl (C=O) groups is 4. The van der Waals surface area contributed by atoms with Crippen molar-refractivity contribution >= 4 is 34.9 Å². The van der Waals surface area contributed by atoms with Gasteiger partial charge in [-0.05, 0) is 18.4 Å². The summed E-state index contributed by atoms with van der Waals surface area (Å²) in [6, 6.07) is 0. The summed E-state index contributed by atoms with van der Waals surface area (Å²) in [7, 11) is 0. The van der Waals surface area contributed by atoms with E-state index in [2.05, 4.69) is 0 Å². The first-order valence-corrected chi connectivity index (χ1v) is 5.60. The molecular formula is C9H10O4S. The normalized spacial score (nSPS) is 23.1. The molecule has 1 aliphatic rings. The van der Waals surface area contributed by atoms with Crippen molar-refractivity contribution < 1.29 is 19.2 Å². The number of hydrogen-bond donors (Lipinski definition) is 0. The first-order chi connectivity index (χ1) is 6.57. The Balaban J connectivity index is 2.74. The molecule has 0 N–H and O–H groups in total. The third kappa shape index (κ3) is 2.09. The van der Waals surface area contributed by atoms with Gasteiger partial charge in [-0.2, -0.15) is 11.8 Å². The van der Waals surface area contributed by atoms with E-state index in [0.29, 0.717) is 12.2 Å². The topological polar surface area (TPSA) is 68.3 Å². The number of thioether (sulfide) groups is 1. The van der Waals surface area contributed by atoms with E-state index in [1.807, 2.05) is 6.26 Å². The number of carbonyl (C=O) groups excluding carboxylic acids is 4. The number of Topliss-reactive ketones (excluding diaryl/α,β-unsaturated/α-hetero) is 4. The Morgan fingerprint density at radius 2 is 1.93 bits per heavy atom. The molecule has 0 amide bonds. The molecule has 14 heavy (non-hydrogen) atoms. The zero-order valence-electron chi connectivity index (χ0n) is 7.74. The maximum atomic E-state index is 11.3. The van der Waals surface area contributed by atoms with E-state index in [1.165, 1.54) is 11.8 Å². The first-order valence-electron chi connectivity index (χ1n) is 4.21. The molecule has 0 aliphatic heterocycles. The Bertz CT molecular complexity index is 308. The van der Waals surface area contributed by atoms with Crippen molar-refractivity contribution in [2.24, 2.45) is 5.92 Å². The fourth-order valence-electron chi connectivity index (χ4n) is 1.33. The Morgan fingerprint density at radius 1 is 1.29 bits per heavy atom. The van der Waals surface area contributed by atoms with Crippen LogP contribution in [0, 0.1) is 5.92 Å². The van der Waals surface area contributed by atoms with Crippen molar-refractivity contribution in [2.45, 2.75) is 12.8 Å². The van der Waals surface area contributed by atoms with Gasteiger partial charge in [0, 0.05) is 0 Å². The van der Waals surface area contributed by atoms with E-state index in [-0.39, 0.29) is 0 Å². The van der Waals surface area contributed by atoms with Crippen LogP contribution in [0.15, 0.2) is 0 Å². The smallest absolute Gasteiger partial charge is 0.265 e. The molecule has 0 spiro atoms. The summed E-state index contributed by atoms with van der Waals surface area (Å²) in [5.41, 5.74) is 0. The molecule has 0 aromatic rings. The molecule has 0 radical (unpaired) electrons. The van der Waals surface area contributed by atoms with Gasteiger partial charge in [0.15, 0.2) is 5.78 Å². The second kappa shape index (κ2) is 4.50. The van der Waals surface area contributed by atoms with E-state index >= 15 is 0 Å². The van der Waals surface area contributed by atoms with E-state index < -0.39 is 35.5 Å². The van der Waals surface area contributed by atoms with Crippen molar-refractivity contribution in [3.8, 4) is 0 Å². The summed E-state index contributed by atoms with van der Waals surface area (Å²) < 4.78 is 0. The molecule has 1 fully saturated rings. The predicted octanol–water partition coefficient (Wildman–Crippen LogP) is 0.0358. The highest BCUT2D eigenvalue weighted by Gasteiger charge is 2.40. The highest BCUT2D eigenvalue weighted by atomic mass is 32.2. The third-order valence-corrected chi connectivity index (χ3v) is 2.77. The van der Waals surface area contributed by atoms with Crippen molar-refractivity contribution in [1.29, 1.82) is 0 Å². The molecule has 0 heterocycles. The SMILES string of the molecule is CSCCC1C(=O)CC(=O)C(=O)C1=O. The lowest BCUT2D eigenvalue weighted by Crippen LogP contribution is -2.42. The fourth-order valence-corrected chi connectivity index (χ4v) is 1.80. The number of ketones is 4. The molecule has 1 unspecified atom stereocenters. The van der Waals surface area contributed by atoms with E-state index in [9.17, 15) is 19.2 Å². The Kier molecular flexibility index (Phi) is 3.57. The van der Waals surface area contributed by atoms with Gasteiger partial charge in [0.25, 0.3) is 5.78 Å². The molecule has 4 nitrogen and oxygen atoms in total. The van der Waals surface area contributed by atoms with Gasteiger partial charge in [0.2, 0.25) is 11.6 Å². The number of rotatable bonds is 3. The van der Waals surface area contributed by atoms with Gasteiger partial charge in [-0.15, -0.1) is 0 Å². The average molecular weight is 214 g/mol. The van der Waals surface area contributed by atoms with E-state index in [1.54, 1.807) is 0 Å². The van der Waals surface area contributed by atoms with Crippen LogP contribution in [0.1, 0.15) is 12.8 Å². The molecule has 0 aromatic heterocycles. The number of hydrogen-bond acceptors (Lipinski definition) is 5. The Morgan fingerprint density at radius 3 is 2.50 bits per heavy atom. The standard InChI is InChI=1S/C9H10O4S/c1-14-3-2-5-6(10)4-7(11)9(13)8(5)12/h5H,2-4H2,1H3. The Labute approximate surface area is 85.4 Å². The van der Waals surface area contributed by atoms with Crippen molar-refractivity contribution in [3.05, 3.63) is 0 Å². The van der Waals surface area contributed by atoms with Crippen LogP contribution in [-0.2, 0) is 19.2 Å². The highest BCUT2D eigenvalue weighted by molar-refractivity contribution is 7.98. The van der Waals surface area contributed by atoms with E-state index in [0.717, 1.165) is 0 Å². The third-order valence-electron chi connectivity index (χ3n) is 2.13. The summed E-state index contributed by atoms with van der Waals surface area (Å²) in [5, 5.41) is 0. The molecule has 1 aliphatic carbocycles. The highest BCUT2D eigenvalue weighted by Crippen LogP contribution is 2.17. The Hall–Kier alpha value is -0.970. The molecular weight excluding hydrogens is 204 g/mol.